The zero-order valence-corrected chi connectivity index (χ0v) is 19.6. The van der Waals surface area contributed by atoms with Gasteiger partial charge in [-0.1, -0.05) is 67.1 Å². The van der Waals surface area contributed by atoms with E-state index < -0.39 is 5.25 Å². The fraction of sp³-hybridized carbons (Fsp3) is 0.259. The number of ether oxygens (including phenoxy) is 1. The monoisotopic (exact) mass is 468 g/mol. The second-order valence-electron chi connectivity index (χ2n) is 8.17. The number of thioether (sulfide) groups is 1. The van der Waals surface area contributed by atoms with Crippen LogP contribution in [0, 0.1) is 28.6 Å². The number of nitriles is 2. The van der Waals surface area contributed by atoms with E-state index in [-0.39, 0.29) is 28.6 Å². The summed E-state index contributed by atoms with van der Waals surface area (Å²) in [6, 6.07) is 21.0. The van der Waals surface area contributed by atoms with E-state index in [1.165, 1.54) is 11.8 Å². The molecule has 0 aliphatic heterocycles. The van der Waals surface area contributed by atoms with Crippen LogP contribution in [0.4, 0.5) is 5.82 Å². The molecule has 1 aliphatic rings. The number of rotatable bonds is 7. The van der Waals surface area contributed by atoms with Gasteiger partial charge in [0.15, 0.2) is 5.78 Å². The number of hydrogen-bond acceptors (Lipinski definition) is 7. The van der Waals surface area contributed by atoms with Gasteiger partial charge in [-0.25, -0.2) is 4.98 Å². The molecule has 1 heterocycles. The molecule has 0 radical (unpaired) electrons. The number of Topliss-reactive ketones (excluding diaryl/α,β-unsaturated/α-hetero) is 1. The number of benzene rings is 2. The van der Waals surface area contributed by atoms with Gasteiger partial charge >= 0.3 is 0 Å². The molecule has 1 fully saturated rings. The topological polar surface area (TPSA) is 113 Å². The molecule has 1 aromatic heterocycles. The fourth-order valence-corrected chi connectivity index (χ4v) is 5.63. The molecule has 34 heavy (non-hydrogen) atoms. The van der Waals surface area contributed by atoms with Gasteiger partial charge in [0, 0.05) is 11.5 Å². The van der Waals surface area contributed by atoms with Crippen molar-refractivity contribution in [3.8, 4) is 29.0 Å². The molecule has 170 valence electrons. The third-order valence-corrected chi connectivity index (χ3v) is 7.40. The van der Waals surface area contributed by atoms with E-state index in [9.17, 15) is 15.3 Å². The Hall–Kier alpha value is -3.81. The summed E-state index contributed by atoms with van der Waals surface area (Å²) < 4.78 is 5.23. The number of nitrogens with zero attached hydrogens (tertiary/aromatic N) is 3. The van der Waals surface area contributed by atoms with Crippen LogP contribution in [0.3, 0.4) is 0 Å². The molecule has 0 bridgehead atoms. The van der Waals surface area contributed by atoms with Crippen molar-refractivity contribution in [1.82, 2.24) is 4.98 Å². The molecule has 1 atom stereocenters. The Morgan fingerprint density at radius 1 is 1.06 bits per heavy atom. The number of nitrogen functional groups attached to an aromatic ring is 1. The van der Waals surface area contributed by atoms with Crippen LogP contribution in [0.15, 0.2) is 59.6 Å². The third-order valence-electron chi connectivity index (χ3n) is 6.14. The minimum Gasteiger partial charge on any atom is -0.497 e. The summed E-state index contributed by atoms with van der Waals surface area (Å²) in [5.74, 6) is 0.840. The van der Waals surface area contributed by atoms with Gasteiger partial charge in [-0.15, -0.1) is 0 Å². The van der Waals surface area contributed by atoms with Crippen LogP contribution in [-0.2, 0) is 4.79 Å². The zero-order valence-electron chi connectivity index (χ0n) is 18.8. The first-order valence-electron chi connectivity index (χ1n) is 11.1. The standard InChI is InChI=1S/C27H24N4O2S/c1-33-20-13-11-17(12-14-20)23-21(15-28)26(30)31-27(22(23)16-29)34-25(19-9-3-2-4-10-19)24(32)18-7-5-6-8-18/h2-4,9-14,18,25H,5-8H2,1H3,(H2,30,31). The highest BCUT2D eigenvalue weighted by molar-refractivity contribution is 8.00. The Balaban J connectivity index is 1.84. The van der Waals surface area contributed by atoms with Crippen molar-refractivity contribution in [2.45, 2.75) is 36.0 Å². The number of pyridine rings is 1. The minimum atomic E-state index is -0.514. The van der Waals surface area contributed by atoms with Crippen molar-refractivity contribution in [3.05, 3.63) is 71.3 Å². The summed E-state index contributed by atoms with van der Waals surface area (Å²) in [6.07, 6.45) is 3.87. The van der Waals surface area contributed by atoms with Crippen LogP contribution in [0.25, 0.3) is 11.1 Å². The quantitative estimate of drug-likeness (QED) is 0.444. The minimum absolute atomic E-state index is 0.0000269. The van der Waals surface area contributed by atoms with Gasteiger partial charge in [0.25, 0.3) is 0 Å². The Bertz CT molecular complexity index is 1270. The average Bonchev–Trinajstić information content (AvgIpc) is 3.42. The van der Waals surface area contributed by atoms with Gasteiger partial charge in [0.1, 0.15) is 34.3 Å². The highest BCUT2D eigenvalue weighted by atomic mass is 32.2. The number of ketones is 1. The maximum Gasteiger partial charge on any atom is 0.153 e. The predicted molar refractivity (Wildman–Crippen MR) is 132 cm³/mol. The first kappa shape index (κ1) is 23.4. The highest BCUT2D eigenvalue weighted by Gasteiger charge is 2.33. The van der Waals surface area contributed by atoms with Crippen molar-refractivity contribution < 1.29 is 9.53 Å². The van der Waals surface area contributed by atoms with E-state index in [4.69, 9.17) is 10.5 Å². The molecule has 1 unspecified atom stereocenters. The molecular formula is C27H24N4O2S. The lowest BCUT2D eigenvalue weighted by molar-refractivity contribution is -0.122. The first-order valence-corrected chi connectivity index (χ1v) is 12.0. The van der Waals surface area contributed by atoms with E-state index >= 15 is 0 Å². The average molecular weight is 469 g/mol. The summed E-state index contributed by atoms with van der Waals surface area (Å²) in [7, 11) is 1.57. The van der Waals surface area contributed by atoms with Crippen molar-refractivity contribution in [1.29, 1.82) is 10.5 Å². The summed E-state index contributed by atoms with van der Waals surface area (Å²) in [5, 5.41) is 19.8. The molecule has 6 nitrogen and oxygen atoms in total. The van der Waals surface area contributed by atoms with Gasteiger partial charge in [0.05, 0.1) is 17.9 Å². The molecule has 1 aliphatic carbocycles. The fourth-order valence-electron chi connectivity index (χ4n) is 4.38. The molecule has 2 N–H and O–H groups in total. The first-order chi connectivity index (χ1) is 16.6. The van der Waals surface area contributed by atoms with Crippen molar-refractivity contribution in [2.24, 2.45) is 5.92 Å². The second kappa shape index (κ2) is 10.4. The summed E-state index contributed by atoms with van der Waals surface area (Å²) in [5.41, 5.74) is 8.52. The number of nitrogens with two attached hydrogens (primary N) is 1. The molecule has 0 amide bonds. The molecule has 1 saturated carbocycles. The molecule has 7 heteroatoms. The Morgan fingerprint density at radius 2 is 1.71 bits per heavy atom. The number of carbonyl (C=O) groups excluding carboxylic acids is 1. The Kier molecular flexibility index (Phi) is 7.15. The molecule has 2 aromatic carbocycles. The van der Waals surface area contributed by atoms with Crippen LogP contribution in [0.1, 0.15) is 47.6 Å². The van der Waals surface area contributed by atoms with E-state index in [0.29, 0.717) is 21.9 Å². The Labute approximate surface area is 203 Å². The van der Waals surface area contributed by atoms with E-state index in [2.05, 4.69) is 17.1 Å². The smallest absolute Gasteiger partial charge is 0.153 e. The molecular weight excluding hydrogens is 444 g/mol. The van der Waals surface area contributed by atoms with Crippen LogP contribution < -0.4 is 10.5 Å². The van der Waals surface area contributed by atoms with Crippen molar-refractivity contribution in [3.63, 3.8) is 0 Å². The van der Waals surface area contributed by atoms with Crippen LogP contribution in [0.5, 0.6) is 5.75 Å². The van der Waals surface area contributed by atoms with E-state index in [0.717, 1.165) is 31.2 Å². The van der Waals surface area contributed by atoms with Crippen molar-refractivity contribution in [2.75, 3.05) is 12.8 Å². The molecule has 4 rings (SSSR count). The largest absolute Gasteiger partial charge is 0.497 e. The normalized spacial score (nSPS) is 14.2. The van der Waals surface area contributed by atoms with Crippen LogP contribution in [0.2, 0.25) is 0 Å². The lowest BCUT2D eigenvalue weighted by Crippen LogP contribution is -2.18. The van der Waals surface area contributed by atoms with Gasteiger partial charge in [-0.2, -0.15) is 10.5 Å². The maximum absolute atomic E-state index is 13.6. The van der Waals surface area contributed by atoms with E-state index in [1.54, 1.807) is 31.4 Å². The number of methoxy groups -OCH3 is 1. The van der Waals surface area contributed by atoms with Gasteiger partial charge < -0.3 is 10.5 Å². The Morgan fingerprint density at radius 3 is 2.29 bits per heavy atom. The van der Waals surface area contributed by atoms with Gasteiger partial charge in [0.2, 0.25) is 0 Å². The summed E-state index contributed by atoms with van der Waals surface area (Å²) in [6.45, 7) is 0. The van der Waals surface area contributed by atoms with Crippen LogP contribution in [-0.4, -0.2) is 17.9 Å². The third kappa shape index (κ3) is 4.62. The van der Waals surface area contributed by atoms with Gasteiger partial charge in [-0.3, -0.25) is 4.79 Å². The lowest BCUT2D eigenvalue weighted by Gasteiger charge is -2.21. The number of aromatic nitrogens is 1. The SMILES string of the molecule is COc1ccc(-c2c(C#N)c(N)nc(SC(C(=O)C3CCCC3)c3ccccc3)c2C#N)cc1. The van der Waals surface area contributed by atoms with Crippen LogP contribution >= 0.6 is 11.8 Å². The lowest BCUT2D eigenvalue weighted by atomic mass is 9.96. The molecule has 3 aromatic rings. The number of anilines is 1. The van der Waals surface area contributed by atoms with Crippen molar-refractivity contribution >= 4 is 23.4 Å². The highest BCUT2D eigenvalue weighted by Crippen LogP contribution is 2.44. The molecule has 0 saturated heterocycles. The maximum atomic E-state index is 13.6. The molecule has 0 spiro atoms. The second-order valence-corrected chi connectivity index (χ2v) is 9.27. The summed E-state index contributed by atoms with van der Waals surface area (Å²) in [4.78, 5) is 18.0. The number of carbonyl (C=O) groups is 1. The summed E-state index contributed by atoms with van der Waals surface area (Å²) >= 11 is 1.24. The predicted octanol–water partition coefficient (Wildman–Crippen LogP) is 5.68. The zero-order chi connectivity index (χ0) is 24.1. The van der Waals surface area contributed by atoms with Gasteiger partial charge in [-0.05, 0) is 36.1 Å². The van der Waals surface area contributed by atoms with E-state index in [1.807, 2.05) is 30.3 Å². The number of hydrogen-bond donors (Lipinski definition) is 1.